The van der Waals surface area contributed by atoms with Crippen molar-refractivity contribution in [1.82, 2.24) is 14.8 Å². The number of urea groups is 1. The topological polar surface area (TPSA) is 115 Å². The monoisotopic (exact) mass is 552 g/mol. The predicted molar refractivity (Wildman–Crippen MR) is 151 cm³/mol. The van der Waals surface area contributed by atoms with Gasteiger partial charge in [-0.2, -0.15) is 0 Å². The van der Waals surface area contributed by atoms with Gasteiger partial charge in [-0.25, -0.2) is 4.79 Å². The van der Waals surface area contributed by atoms with Crippen LogP contribution in [0, 0.1) is 24.0 Å². The van der Waals surface area contributed by atoms with Gasteiger partial charge in [-0.05, 0) is 73.5 Å². The fourth-order valence-electron chi connectivity index (χ4n) is 4.53. The number of amides is 4. The number of barbiturate groups is 1. The van der Waals surface area contributed by atoms with Crippen molar-refractivity contribution < 1.29 is 19.3 Å². The van der Waals surface area contributed by atoms with Gasteiger partial charge in [-0.1, -0.05) is 42.1 Å². The van der Waals surface area contributed by atoms with Gasteiger partial charge in [-0.3, -0.25) is 29.9 Å². The van der Waals surface area contributed by atoms with E-state index < -0.39 is 22.8 Å². The van der Waals surface area contributed by atoms with E-state index in [2.05, 4.69) is 5.32 Å². The Kier molecular flexibility index (Phi) is 7.35. The molecular weight excluding hydrogens is 528 g/mol. The molecule has 0 atom stereocenters. The lowest BCUT2D eigenvalue weighted by Gasteiger charge is -2.26. The van der Waals surface area contributed by atoms with E-state index in [0.717, 1.165) is 37.3 Å². The number of nitrogens with zero attached hydrogens (tertiary/aromatic N) is 3. The normalized spacial score (nSPS) is 14.5. The van der Waals surface area contributed by atoms with Gasteiger partial charge < -0.3 is 4.57 Å². The molecule has 9 nitrogen and oxygen atoms in total. The van der Waals surface area contributed by atoms with Gasteiger partial charge in [0.15, 0.2) is 0 Å². The molecular formula is C30H24N4O5S. The van der Waals surface area contributed by atoms with E-state index in [1.54, 1.807) is 12.1 Å². The van der Waals surface area contributed by atoms with Gasteiger partial charge in [0.2, 0.25) is 0 Å². The van der Waals surface area contributed by atoms with Crippen LogP contribution in [0.2, 0.25) is 0 Å². The zero-order chi connectivity index (χ0) is 28.4. The van der Waals surface area contributed by atoms with E-state index in [9.17, 15) is 24.5 Å². The van der Waals surface area contributed by atoms with Crippen molar-refractivity contribution in [3.63, 3.8) is 0 Å². The second-order valence-electron chi connectivity index (χ2n) is 9.20. The Balaban J connectivity index is 1.38. The third-order valence-electron chi connectivity index (χ3n) is 6.52. The van der Waals surface area contributed by atoms with E-state index in [0.29, 0.717) is 5.56 Å². The summed E-state index contributed by atoms with van der Waals surface area (Å²) in [6.07, 6.45) is 1.53. The maximum atomic E-state index is 13.2. The van der Waals surface area contributed by atoms with Crippen LogP contribution >= 0.6 is 11.8 Å². The van der Waals surface area contributed by atoms with Crippen LogP contribution in [0.3, 0.4) is 0 Å². The fourth-order valence-corrected chi connectivity index (χ4v) is 5.34. The molecule has 1 aromatic heterocycles. The lowest BCUT2D eigenvalue weighted by Crippen LogP contribution is -2.53. The Hall–Kier alpha value is -4.96. The Morgan fingerprint density at radius 2 is 1.52 bits per heavy atom. The first-order valence-electron chi connectivity index (χ1n) is 12.4. The van der Waals surface area contributed by atoms with Crippen molar-refractivity contribution in [3.8, 4) is 5.69 Å². The molecule has 40 heavy (non-hydrogen) atoms. The Morgan fingerprint density at radius 3 is 2.15 bits per heavy atom. The maximum Gasteiger partial charge on any atom is 0.331 e. The Morgan fingerprint density at radius 1 is 0.900 bits per heavy atom. The standard InChI is InChI=1S/C30H24N4O5S/c1-19-16-22(17-27-28(35)31-30(37)32(29(27)36)18-21-6-4-3-5-7-21)20(2)33(19)23-8-12-25(13-9-23)40-26-14-10-24(11-15-26)34(38)39/h3-17H,18H2,1-2H3,(H,31,35,37)/b27-17+. The molecule has 0 spiro atoms. The van der Waals surface area contributed by atoms with E-state index >= 15 is 0 Å². The van der Waals surface area contributed by atoms with E-state index in [4.69, 9.17) is 0 Å². The number of carbonyl (C=O) groups excluding carboxylic acids is 3. The van der Waals surface area contributed by atoms with E-state index in [1.165, 1.54) is 30.0 Å². The minimum absolute atomic E-state index is 0.0481. The van der Waals surface area contributed by atoms with Gasteiger partial charge >= 0.3 is 6.03 Å². The molecule has 5 rings (SSSR count). The van der Waals surface area contributed by atoms with Crippen molar-refractivity contribution in [3.05, 3.63) is 123 Å². The first kappa shape index (κ1) is 26.6. The summed E-state index contributed by atoms with van der Waals surface area (Å²) in [6.45, 7) is 3.89. The average Bonchev–Trinajstić information content (AvgIpc) is 3.22. The molecule has 1 aliphatic rings. The molecule has 0 unspecified atom stereocenters. The molecule has 0 bridgehead atoms. The second kappa shape index (κ2) is 11.0. The summed E-state index contributed by atoms with van der Waals surface area (Å²) in [4.78, 5) is 51.6. The summed E-state index contributed by atoms with van der Waals surface area (Å²) in [7, 11) is 0. The van der Waals surface area contributed by atoms with Crippen LogP contribution in [0.4, 0.5) is 10.5 Å². The Labute approximate surface area is 234 Å². The number of aryl methyl sites for hydroxylation is 1. The van der Waals surface area contributed by atoms with Crippen LogP contribution in [-0.4, -0.2) is 32.2 Å². The molecule has 3 aromatic carbocycles. The first-order valence-corrected chi connectivity index (χ1v) is 13.2. The number of nitrogens with one attached hydrogen (secondary N) is 1. The summed E-state index contributed by atoms with van der Waals surface area (Å²) in [6, 6.07) is 24.5. The molecule has 10 heteroatoms. The summed E-state index contributed by atoms with van der Waals surface area (Å²) >= 11 is 1.49. The smallest absolute Gasteiger partial charge is 0.318 e. The molecule has 2 heterocycles. The molecule has 200 valence electrons. The highest BCUT2D eigenvalue weighted by molar-refractivity contribution is 7.99. The number of hydrogen-bond donors (Lipinski definition) is 1. The number of imide groups is 2. The van der Waals surface area contributed by atoms with Crippen LogP contribution in [-0.2, 0) is 16.1 Å². The highest BCUT2D eigenvalue weighted by atomic mass is 32.2. The number of aromatic nitrogens is 1. The number of nitro groups is 1. The van der Waals surface area contributed by atoms with Crippen LogP contribution in [0.1, 0.15) is 22.5 Å². The lowest BCUT2D eigenvalue weighted by atomic mass is 10.1. The minimum Gasteiger partial charge on any atom is -0.318 e. The zero-order valence-corrected chi connectivity index (χ0v) is 22.5. The first-order chi connectivity index (χ1) is 19.2. The molecule has 0 radical (unpaired) electrons. The SMILES string of the molecule is Cc1cc(/C=C2\C(=O)NC(=O)N(Cc3ccccc3)C2=O)c(C)n1-c1ccc(Sc2ccc([N+](=O)[O-])cc2)cc1. The highest BCUT2D eigenvalue weighted by Crippen LogP contribution is 2.31. The van der Waals surface area contributed by atoms with Gasteiger partial charge in [-0.15, -0.1) is 0 Å². The number of rotatable bonds is 7. The minimum atomic E-state index is -0.742. The largest absolute Gasteiger partial charge is 0.331 e. The molecule has 1 fully saturated rings. The number of hydrogen-bond acceptors (Lipinski definition) is 6. The Bertz CT molecular complexity index is 1660. The van der Waals surface area contributed by atoms with E-state index in [1.807, 2.05) is 79.1 Å². The van der Waals surface area contributed by atoms with Crippen LogP contribution in [0.15, 0.2) is 100 Å². The molecule has 1 aliphatic heterocycles. The summed E-state index contributed by atoms with van der Waals surface area (Å²) < 4.78 is 2.02. The second-order valence-corrected chi connectivity index (χ2v) is 10.3. The summed E-state index contributed by atoms with van der Waals surface area (Å²) in [5.41, 5.74) is 4.03. The van der Waals surface area contributed by atoms with Crippen LogP contribution in [0.25, 0.3) is 11.8 Å². The molecule has 0 saturated carbocycles. The maximum absolute atomic E-state index is 13.2. The summed E-state index contributed by atoms with van der Waals surface area (Å²) in [5.74, 6) is -1.37. The fraction of sp³-hybridized carbons (Fsp3) is 0.100. The number of non-ortho nitro benzene ring substituents is 1. The number of benzene rings is 3. The zero-order valence-electron chi connectivity index (χ0n) is 21.7. The van der Waals surface area contributed by atoms with Crippen molar-refractivity contribution in [2.24, 2.45) is 0 Å². The quantitative estimate of drug-likeness (QED) is 0.134. The molecule has 4 aromatic rings. The highest BCUT2D eigenvalue weighted by Gasteiger charge is 2.36. The van der Waals surface area contributed by atoms with Gasteiger partial charge in [0.25, 0.3) is 17.5 Å². The molecule has 1 saturated heterocycles. The van der Waals surface area contributed by atoms with Crippen LogP contribution in [0.5, 0.6) is 0 Å². The molecule has 4 amide bonds. The van der Waals surface area contributed by atoms with Crippen molar-refractivity contribution >= 4 is 41.4 Å². The predicted octanol–water partition coefficient (Wildman–Crippen LogP) is 5.82. The van der Waals surface area contributed by atoms with Crippen molar-refractivity contribution in [2.45, 2.75) is 30.2 Å². The average molecular weight is 553 g/mol. The molecule has 0 aliphatic carbocycles. The van der Waals surface area contributed by atoms with Gasteiger partial charge in [0.05, 0.1) is 11.5 Å². The van der Waals surface area contributed by atoms with E-state index in [-0.39, 0.29) is 17.8 Å². The third kappa shape index (κ3) is 5.43. The summed E-state index contributed by atoms with van der Waals surface area (Å²) in [5, 5.41) is 13.2. The lowest BCUT2D eigenvalue weighted by molar-refractivity contribution is -0.384. The third-order valence-corrected chi connectivity index (χ3v) is 7.53. The number of carbonyl (C=O) groups is 3. The van der Waals surface area contributed by atoms with Crippen molar-refractivity contribution in [1.29, 1.82) is 0 Å². The van der Waals surface area contributed by atoms with Gasteiger partial charge in [0.1, 0.15) is 5.57 Å². The van der Waals surface area contributed by atoms with Gasteiger partial charge in [0, 0.05) is 39.0 Å². The molecule has 1 N–H and O–H groups in total. The number of nitro benzene ring substituents is 1. The van der Waals surface area contributed by atoms with Crippen molar-refractivity contribution in [2.75, 3.05) is 0 Å². The van der Waals surface area contributed by atoms with Crippen LogP contribution < -0.4 is 5.32 Å².